The molecule has 0 aromatic heterocycles. The van der Waals surface area contributed by atoms with Crippen LogP contribution in [0.25, 0.3) is 0 Å². The van der Waals surface area contributed by atoms with E-state index >= 15 is 0 Å². The Kier molecular flexibility index (Phi) is 6.28. The van der Waals surface area contributed by atoms with Crippen molar-refractivity contribution in [2.24, 2.45) is 5.92 Å². The summed E-state index contributed by atoms with van der Waals surface area (Å²) in [5, 5.41) is -0.433. The topological polar surface area (TPSA) is 92.8 Å². The van der Waals surface area contributed by atoms with Crippen LogP contribution in [0.2, 0.25) is 0 Å². The Morgan fingerprint density at radius 3 is 2.35 bits per heavy atom. The smallest absolute Gasteiger partial charge is 0.308 e. The summed E-state index contributed by atoms with van der Waals surface area (Å²) >= 11 is 1.27. The third-order valence-corrected chi connectivity index (χ3v) is 5.71. The van der Waals surface area contributed by atoms with E-state index in [1.165, 1.54) is 23.2 Å². The molecule has 1 heterocycles. The Morgan fingerprint density at radius 1 is 1.35 bits per heavy atom. The minimum absolute atomic E-state index is 0.204. The molecule has 0 aliphatic carbocycles. The number of thioether (sulfide) groups is 1. The molecule has 1 atom stereocenters. The SMILES string of the molecule is COC(=O)C1CCN(S(=O)(=O)NC(=O)[C@H](C)SC)CC1. The van der Waals surface area contributed by atoms with Crippen LogP contribution < -0.4 is 4.72 Å². The number of piperidine rings is 1. The predicted molar refractivity (Wildman–Crippen MR) is 76.4 cm³/mol. The number of nitrogens with one attached hydrogen (secondary N) is 1. The van der Waals surface area contributed by atoms with Crippen LogP contribution in [-0.4, -0.2) is 56.3 Å². The lowest BCUT2D eigenvalue weighted by Gasteiger charge is -2.29. The second-order valence-corrected chi connectivity index (χ2v) is 7.39. The Labute approximate surface area is 123 Å². The highest BCUT2D eigenvalue weighted by molar-refractivity contribution is 8.00. The summed E-state index contributed by atoms with van der Waals surface area (Å²) < 4.78 is 32.0. The molecule has 0 radical (unpaired) electrons. The average Bonchev–Trinajstić information content (AvgIpc) is 2.45. The van der Waals surface area contributed by atoms with Crippen LogP contribution in [0.15, 0.2) is 0 Å². The molecule has 0 aromatic rings. The van der Waals surface area contributed by atoms with E-state index in [0.717, 1.165) is 0 Å². The molecule has 9 heteroatoms. The normalized spacial score (nSPS) is 19.4. The fourth-order valence-electron chi connectivity index (χ4n) is 1.88. The second kappa shape index (κ2) is 7.28. The van der Waals surface area contributed by atoms with Crippen molar-refractivity contribution < 1.29 is 22.7 Å². The van der Waals surface area contributed by atoms with Gasteiger partial charge in [-0.2, -0.15) is 24.5 Å². The van der Waals surface area contributed by atoms with Crippen LogP contribution in [0, 0.1) is 5.92 Å². The summed E-state index contributed by atoms with van der Waals surface area (Å²) in [6.07, 6.45) is 2.54. The van der Waals surface area contributed by atoms with E-state index in [0.29, 0.717) is 12.8 Å². The van der Waals surface area contributed by atoms with Crippen LogP contribution in [-0.2, 0) is 24.5 Å². The third kappa shape index (κ3) is 4.35. The van der Waals surface area contributed by atoms with Crippen molar-refractivity contribution in [3.8, 4) is 0 Å². The van der Waals surface area contributed by atoms with Crippen molar-refractivity contribution in [1.29, 1.82) is 0 Å². The van der Waals surface area contributed by atoms with Gasteiger partial charge in [-0.05, 0) is 26.0 Å². The Bertz CT molecular complexity index is 457. The summed E-state index contributed by atoms with van der Waals surface area (Å²) in [5.41, 5.74) is 0. The number of carbonyl (C=O) groups is 2. The summed E-state index contributed by atoms with van der Waals surface area (Å²) in [7, 11) is -2.51. The number of rotatable bonds is 5. The molecular weight excluding hydrogens is 304 g/mol. The molecule has 0 unspecified atom stereocenters. The molecule has 1 saturated heterocycles. The summed E-state index contributed by atoms with van der Waals surface area (Å²) in [6.45, 7) is 2.05. The van der Waals surface area contributed by atoms with Crippen molar-refractivity contribution in [2.45, 2.75) is 25.0 Å². The van der Waals surface area contributed by atoms with Gasteiger partial charge in [-0.15, -0.1) is 0 Å². The third-order valence-electron chi connectivity index (χ3n) is 3.28. The molecule has 1 amide bonds. The van der Waals surface area contributed by atoms with Gasteiger partial charge in [0.1, 0.15) is 0 Å². The van der Waals surface area contributed by atoms with Crippen LogP contribution in [0.3, 0.4) is 0 Å². The minimum Gasteiger partial charge on any atom is -0.469 e. The molecule has 20 heavy (non-hydrogen) atoms. The van der Waals surface area contributed by atoms with Crippen molar-refractivity contribution in [3.63, 3.8) is 0 Å². The maximum atomic E-state index is 12.0. The van der Waals surface area contributed by atoms with Gasteiger partial charge >= 0.3 is 16.2 Å². The first kappa shape index (κ1) is 17.3. The number of ether oxygens (including phenoxy) is 1. The van der Waals surface area contributed by atoms with Crippen molar-refractivity contribution in [2.75, 3.05) is 26.5 Å². The first-order valence-electron chi connectivity index (χ1n) is 6.24. The maximum absolute atomic E-state index is 12.0. The first-order valence-corrected chi connectivity index (χ1v) is 8.97. The summed E-state index contributed by atoms with van der Waals surface area (Å²) in [5.74, 6) is -1.12. The number of carbonyl (C=O) groups excluding carboxylic acids is 2. The standard InChI is InChI=1S/C11H20N2O5S2/c1-8(19-3)10(14)12-20(16,17)13-6-4-9(5-7-13)11(15)18-2/h8-9H,4-7H2,1-3H3,(H,12,14)/t8-/m0/s1. The zero-order valence-corrected chi connectivity index (χ0v) is 13.4. The van der Waals surface area contributed by atoms with Crippen LogP contribution >= 0.6 is 11.8 Å². The van der Waals surface area contributed by atoms with E-state index in [1.54, 1.807) is 13.2 Å². The van der Waals surface area contributed by atoms with Gasteiger partial charge in [0.15, 0.2) is 0 Å². The second-order valence-electron chi connectivity index (χ2n) is 4.55. The molecule has 1 aliphatic rings. The number of hydrogen-bond acceptors (Lipinski definition) is 6. The van der Waals surface area contributed by atoms with Gasteiger partial charge in [0.2, 0.25) is 5.91 Å². The molecule has 7 nitrogen and oxygen atoms in total. The molecule has 0 aromatic carbocycles. The lowest BCUT2D eigenvalue weighted by molar-refractivity contribution is -0.146. The highest BCUT2D eigenvalue weighted by atomic mass is 32.2. The van der Waals surface area contributed by atoms with Crippen molar-refractivity contribution in [3.05, 3.63) is 0 Å². The summed E-state index contributed by atoms with van der Waals surface area (Å²) in [4.78, 5) is 23.0. The quantitative estimate of drug-likeness (QED) is 0.715. The van der Waals surface area contributed by atoms with E-state index in [-0.39, 0.29) is 25.0 Å². The lowest BCUT2D eigenvalue weighted by atomic mass is 9.99. The van der Waals surface area contributed by atoms with Gasteiger partial charge in [-0.3, -0.25) is 9.59 Å². The van der Waals surface area contributed by atoms with Gasteiger partial charge in [0, 0.05) is 13.1 Å². The number of esters is 1. The molecular formula is C11H20N2O5S2. The molecule has 1 rings (SSSR count). The Balaban J connectivity index is 2.59. The first-order chi connectivity index (χ1) is 9.31. The van der Waals surface area contributed by atoms with Crippen LogP contribution in [0.1, 0.15) is 19.8 Å². The van der Waals surface area contributed by atoms with Crippen molar-refractivity contribution in [1.82, 2.24) is 9.03 Å². The molecule has 116 valence electrons. The zero-order chi connectivity index (χ0) is 15.3. The molecule has 0 bridgehead atoms. The molecule has 1 N–H and O–H groups in total. The van der Waals surface area contributed by atoms with E-state index < -0.39 is 21.4 Å². The van der Waals surface area contributed by atoms with Gasteiger partial charge < -0.3 is 4.74 Å². The number of methoxy groups -OCH3 is 1. The molecule has 1 fully saturated rings. The van der Waals surface area contributed by atoms with Gasteiger partial charge in [-0.1, -0.05) is 0 Å². The van der Waals surface area contributed by atoms with Gasteiger partial charge in [-0.25, -0.2) is 4.72 Å². The van der Waals surface area contributed by atoms with Gasteiger partial charge in [0.25, 0.3) is 0 Å². The van der Waals surface area contributed by atoms with E-state index in [4.69, 9.17) is 0 Å². The average molecular weight is 324 g/mol. The molecule has 1 aliphatic heterocycles. The number of amides is 1. The highest BCUT2D eigenvalue weighted by Gasteiger charge is 2.32. The van der Waals surface area contributed by atoms with Gasteiger partial charge in [0.05, 0.1) is 18.3 Å². The van der Waals surface area contributed by atoms with Crippen LogP contribution in [0.4, 0.5) is 0 Å². The van der Waals surface area contributed by atoms with E-state index in [1.807, 2.05) is 0 Å². The maximum Gasteiger partial charge on any atom is 0.308 e. The van der Waals surface area contributed by atoms with Crippen LogP contribution in [0.5, 0.6) is 0 Å². The summed E-state index contributed by atoms with van der Waals surface area (Å²) in [6, 6.07) is 0. The Morgan fingerprint density at radius 2 is 1.90 bits per heavy atom. The fourth-order valence-corrected chi connectivity index (χ4v) is 3.48. The highest BCUT2D eigenvalue weighted by Crippen LogP contribution is 2.20. The largest absolute Gasteiger partial charge is 0.469 e. The van der Waals surface area contributed by atoms with E-state index in [2.05, 4.69) is 9.46 Å². The Hall–Kier alpha value is -0.800. The predicted octanol–water partition coefficient (Wildman–Crippen LogP) is -0.0161. The monoisotopic (exact) mass is 324 g/mol. The minimum atomic E-state index is -3.83. The van der Waals surface area contributed by atoms with Crippen molar-refractivity contribution >= 4 is 33.8 Å². The molecule has 0 spiro atoms. The fraction of sp³-hybridized carbons (Fsp3) is 0.818. The lowest BCUT2D eigenvalue weighted by Crippen LogP contribution is -2.49. The number of nitrogens with zero attached hydrogens (tertiary/aromatic N) is 1. The van der Waals surface area contributed by atoms with E-state index in [9.17, 15) is 18.0 Å². The zero-order valence-electron chi connectivity index (χ0n) is 11.8. The number of hydrogen-bond donors (Lipinski definition) is 1. The molecule has 0 saturated carbocycles.